The van der Waals surface area contributed by atoms with E-state index < -0.39 is 23.7 Å². The normalized spacial score (nSPS) is 11.4. The smallest absolute Gasteiger partial charge is 0.493 e. The SMILES string of the molecule is COc1ccc2c(c1)cc(C(N)=O)n2OC(=O)C(F)(F)F. The lowest BCUT2D eigenvalue weighted by atomic mass is 10.2. The van der Waals surface area contributed by atoms with E-state index in [1.165, 1.54) is 31.4 Å². The third-order valence-corrected chi connectivity index (χ3v) is 2.62. The summed E-state index contributed by atoms with van der Waals surface area (Å²) < 4.78 is 42.2. The van der Waals surface area contributed by atoms with Crippen molar-refractivity contribution >= 4 is 22.8 Å². The number of carbonyl (C=O) groups is 2. The van der Waals surface area contributed by atoms with Crippen LogP contribution in [0.1, 0.15) is 10.5 Å². The Morgan fingerprint density at radius 2 is 1.90 bits per heavy atom. The van der Waals surface area contributed by atoms with Gasteiger partial charge in [0, 0.05) is 5.39 Å². The lowest BCUT2D eigenvalue weighted by molar-refractivity contribution is -0.199. The van der Waals surface area contributed by atoms with Crippen LogP contribution in [0.25, 0.3) is 10.9 Å². The lowest BCUT2D eigenvalue weighted by Gasteiger charge is -2.10. The summed E-state index contributed by atoms with van der Waals surface area (Å²) in [5.41, 5.74) is 4.75. The molecule has 9 heteroatoms. The molecule has 0 fully saturated rings. The molecule has 0 unspecified atom stereocenters. The number of hydrogen-bond donors (Lipinski definition) is 1. The van der Waals surface area contributed by atoms with Gasteiger partial charge < -0.3 is 15.3 Å². The Morgan fingerprint density at radius 1 is 1.24 bits per heavy atom. The number of alkyl halides is 3. The first kappa shape index (κ1) is 14.7. The van der Waals surface area contributed by atoms with E-state index in [2.05, 4.69) is 4.84 Å². The molecule has 6 nitrogen and oxygen atoms in total. The third-order valence-electron chi connectivity index (χ3n) is 2.62. The summed E-state index contributed by atoms with van der Waals surface area (Å²) in [7, 11) is 1.40. The highest BCUT2D eigenvalue weighted by molar-refractivity contribution is 5.98. The van der Waals surface area contributed by atoms with Gasteiger partial charge in [0.2, 0.25) is 0 Å². The highest BCUT2D eigenvalue weighted by Crippen LogP contribution is 2.25. The Morgan fingerprint density at radius 3 is 2.43 bits per heavy atom. The second kappa shape index (κ2) is 5.00. The molecule has 2 aromatic rings. The van der Waals surface area contributed by atoms with Crippen molar-refractivity contribution in [3.05, 3.63) is 30.0 Å². The molecule has 0 aliphatic rings. The molecule has 1 heterocycles. The van der Waals surface area contributed by atoms with Gasteiger partial charge in [-0.2, -0.15) is 17.9 Å². The second-order valence-corrected chi connectivity index (χ2v) is 3.99. The van der Waals surface area contributed by atoms with Gasteiger partial charge in [0.15, 0.2) is 0 Å². The van der Waals surface area contributed by atoms with Crippen LogP contribution in [0.15, 0.2) is 24.3 Å². The number of ether oxygens (including phenoxy) is 1. The van der Waals surface area contributed by atoms with E-state index in [1.807, 2.05) is 0 Å². The largest absolute Gasteiger partial charge is 0.497 e. The predicted molar refractivity (Wildman–Crippen MR) is 64.6 cm³/mol. The molecule has 0 saturated heterocycles. The van der Waals surface area contributed by atoms with Crippen molar-refractivity contribution in [2.24, 2.45) is 5.73 Å². The number of carbonyl (C=O) groups excluding carboxylic acids is 2. The summed E-state index contributed by atoms with van der Waals surface area (Å²) in [4.78, 5) is 26.4. The van der Waals surface area contributed by atoms with Gasteiger partial charge in [-0.15, -0.1) is 0 Å². The topological polar surface area (TPSA) is 83.6 Å². The van der Waals surface area contributed by atoms with Crippen molar-refractivity contribution < 1.29 is 32.3 Å². The zero-order chi connectivity index (χ0) is 15.8. The van der Waals surface area contributed by atoms with Crippen LogP contribution in [0, 0.1) is 0 Å². The minimum absolute atomic E-state index is 0.0715. The Hall–Kier alpha value is -2.71. The summed E-state index contributed by atoms with van der Waals surface area (Å²) in [5.74, 6) is -3.09. The van der Waals surface area contributed by atoms with E-state index >= 15 is 0 Å². The van der Waals surface area contributed by atoms with Crippen molar-refractivity contribution in [3.63, 3.8) is 0 Å². The van der Waals surface area contributed by atoms with Crippen LogP contribution < -0.4 is 15.3 Å². The predicted octanol–water partition coefficient (Wildman–Crippen LogP) is 1.27. The van der Waals surface area contributed by atoms with Gasteiger partial charge in [-0.1, -0.05) is 0 Å². The Kier molecular flexibility index (Phi) is 3.50. The number of amides is 1. The van der Waals surface area contributed by atoms with Gasteiger partial charge in [-0.25, -0.2) is 4.79 Å². The number of nitrogens with two attached hydrogens (primary N) is 1. The monoisotopic (exact) mass is 302 g/mol. The molecule has 1 aromatic carbocycles. The summed E-state index contributed by atoms with van der Waals surface area (Å²) in [6, 6.07) is 5.43. The lowest BCUT2D eigenvalue weighted by Crippen LogP contribution is -2.35. The molecule has 1 aromatic heterocycles. The fraction of sp³-hybridized carbons (Fsp3) is 0.167. The Balaban J connectivity index is 2.57. The van der Waals surface area contributed by atoms with Crippen LogP contribution >= 0.6 is 0 Å². The summed E-state index contributed by atoms with van der Waals surface area (Å²) >= 11 is 0. The van der Waals surface area contributed by atoms with Crippen LogP contribution in [-0.2, 0) is 4.79 Å². The van der Waals surface area contributed by atoms with Crippen molar-refractivity contribution in [1.29, 1.82) is 0 Å². The zero-order valence-electron chi connectivity index (χ0n) is 10.6. The molecule has 2 rings (SSSR count). The van der Waals surface area contributed by atoms with Crippen molar-refractivity contribution in [2.45, 2.75) is 6.18 Å². The molecule has 0 spiro atoms. The van der Waals surface area contributed by atoms with E-state index in [-0.39, 0.29) is 5.52 Å². The van der Waals surface area contributed by atoms with Gasteiger partial charge in [0.1, 0.15) is 11.4 Å². The van der Waals surface area contributed by atoms with Gasteiger partial charge >= 0.3 is 12.1 Å². The summed E-state index contributed by atoms with van der Waals surface area (Å²) in [5, 5.41) is 0.332. The van der Waals surface area contributed by atoms with Crippen molar-refractivity contribution in [3.8, 4) is 5.75 Å². The van der Waals surface area contributed by atoms with Gasteiger partial charge in [-0.3, -0.25) is 4.79 Å². The third kappa shape index (κ3) is 2.76. The number of hydrogen-bond acceptors (Lipinski definition) is 4. The number of methoxy groups -OCH3 is 1. The minimum atomic E-state index is -5.20. The molecule has 0 aliphatic carbocycles. The Bertz CT molecular complexity index is 721. The number of rotatable bonds is 3. The number of primary amides is 1. The molecule has 112 valence electrons. The van der Waals surface area contributed by atoms with Crippen molar-refractivity contribution in [1.82, 2.24) is 4.73 Å². The van der Waals surface area contributed by atoms with E-state index in [4.69, 9.17) is 10.5 Å². The van der Waals surface area contributed by atoms with Crippen LogP contribution in [0.3, 0.4) is 0 Å². The van der Waals surface area contributed by atoms with Gasteiger partial charge in [0.25, 0.3) is 5.91 Å². The fourth-order valence-electron chi connectivity index (χ4n) is 1.70. The maximum Gasteiger partial charge on any atom is 0.493 e. The number of aromatic nitrogens is 1. The van der Waals surface area contributed by atoms with Crippen LogP contribution in [-0.4, -0.2) is 29.9 Å². The number of halogens is 3. The first-order valence-corrected chi connectivity index (χ1v) is 5.53. The highest BCUT2D eigenvalue weighted by atomic mass is 19.4. The average molecular weight is 302 g/mol. The molecule has 0 radical (unpaired) electrons. The van der Waals surface area contributed by atoms with Crippen LogP contribution in [0.2, 0.25) is 0 Å². The van der Waals surface area contributed by atoms with E-state index in [9.17, 15) is 22.8 Å². The first-order chi connectivity index (χ1) is 9.74. The molecule has 2 N–H and O–H groups in total. The minimum Gasteiger partial charge on any atom is -0.497 e. The van der Waals surface area contributed by atoms with Crippen molar-refractivity contribution in [2.75, 3.05) is 7.11 Å². The number of nitrogens with zero attached hydrogens (tertiary/aromatic N) is 1. The quantitative estimate of drug-likeness (QED) is 0.925. The standard InChI is InChI=1S/C12H9F3N2O4/c1-20-7-2-3-8-6(4-7)5-9(10(16)18)17(8)21-11(19)12(13,14)15/h2-5H,1H3,(H2,16,18). The molecule has 0 saturated carbocycles. The van der Waals surface area contributed by atoms with Gasteiger partial charge in [0.05, 0.1) is 12.6 Å². The highest BCUT2D eigenvalue weighted by Gasteiger charge is 2.42. The molecule has 0 atom stereocenters. The molecule has 0 bridgehead atoms. The molecular formula is C12H9F3N2O4. The van der Waals surface area contributed by atoms with Gasteiger partial charge in [-0.05, 0) is 24.3 Å². The average Bonchev–Trinajstić information content (AvgIpc) is 2.75. The van der Waals surface area contributed by atoms with Crippen LogP contribution in [0.4, 0.5) is 13.2 Å². The maximum absolute atomic E-state index is 12.3. The summed E-state index contributed by atoms with van der Waals surface area (Å²) in [6.07, 6.45) is -5.20. The zero-order valence-corrected chi connectivity index (χ0v) is 10.6. The van der Waals surface area contributed by atoms with Crippen LogP contribution in [0.5, 0.6) is 5.75 Å². The van der Waals surface area contributed by atoms with E-state index in [0.717, 1.165) is 0 Å². The maximum atomic E-state index is 12.3. The number of fused-ring (bicyclic) bond motifs is 1. The van der Waals surface area contributed by atoms with E-state index in [0.29, 0.717) is 15.9 Å². The second-order valence-electron chi connectivity index (χ2n) is 3.99. The molecular weight excluding hydrogens is 293 g/mol. The number of benzene rings is 1. The fourth-order valence-corrected chi connectivity index (χ4v) is 1.70. The Labute approximate surface area is 115 Å². The molecule has 0 aliphatic heterocycles. The summed E-state index contributed by atoms with van der Waals surface area (Å²) in [6.45, 7) is 0. The molecule has 21 heavy (non-hydrogen) atoms. The molecule has 1 amide bonds. The van der Waals surface area contributed by atoms with E-state index in [1.54, 1.807) is 0 Å². The first-order valence-electron chi connectivity index (χ1n) is 5.53.